The summed E-state index contributed by atoms with van der Waals surface area (Å²) >= 11 is 0. The molecule has 0 spiro atoms. The number of aliphatic hydroxyl groups excluding tert-OH is 1. The lowest BCUT2D eigenvalue weighted by molar-refractivity contribution is -0.131. The second-order valence-corrected chi connectivity index (χ2v) is 5.33. The number of fused-ring (bicyclic) bond motifs is 1. The van der Waals surface area contributed by atoms with Crippen LogP contribution in [0.2, 0.25) is 0 Å². The lowest BCUT2D eigenvalue weighted by atomic mass is 10.00. The molecule has 4 nitrogen and oxygen atoms in total. The smallest absolute Gasteiger partial charge is 0.236 e. The van der Waals surface area contributed by atoms with Gasteiger partial charge in [-0.3, -0.25) is 9.69 Å². The topological polar surface area (TPSA) is 43.8 Å². The van der Waals surface area contributed by atoms with Crippen molar-refractivity contribution < 1.29 is 9.90 Å². The third kappa shape index (κ3) is 2.63. The van der Waals surface area contributed by atoms with Crippen LogP contribution in [0.5, 0.6) is 0 Å². The molecule has 3 atom stereocenters. The fraction of sp³-hybridized carbons (Fsp3) is 0.923. The molecule has 0 aromatic rings. The molecule has 2 fully saturated rings. The molecule has 1 heterocycles. The summed E-state index contributed by atoms with van der Waals surface area (Å²) in [5, 5.41) is 9.83. The molecule has 1 N–H and O–H groups in total. The van der Waals surface area contributed by atoms with E-state index in [1.165, 1.54) is 0 Å². The van der Waals surface area contributed by atoms with Crippen LogP contribution in [-0.4, -0.2) is 59.6 Å². The second kappa shape index (κ2) is 5.36. The first-order valence-electron chi connectivity index (χ1n) is 6.83. The molecule has 0 radical (unpaired) electrons. The molecular formula is C13H24N2O2. The van der Waals surface area contributed by atoms with Crippen LogP contribution in [0.25, 0.3) is 0 Å². The number of rotatable bonds is 4. The summed E-state index contributed by atoms with van der Waals surface area (Å²) in [4.78, 5) is 16.1. The maximum absolute atomic E-state index is 12.0. The van der Waals surface area contributed by atoms with Gasteiger partial charge in [0, 0.05) is 32.1 Å². The average molecular weight is 240 g/mol. The molecule has 1 aliphatic heterocycles. The standard InChI is InChI=1S/C13H24N2O2/c1-3-15(4-2)13(17)9-14-7-10-5-6-12(16)11(10)8-14/h10-12,16H,3-9H2,1-2H3. The van der Waals surface area contributed by atoms with Gasteiger partial charge in [0.05, 0.1) is 12.6 Å². The summed E-state index contributed by atoms with van der Waals surface area (Å²) in [5.41, 5.74) is 0. The second-order valence-electron chi connectivity index (χ2n) is 5.33. The Kier molecular flexibility index (Phi) is 4.05. The molecule has 2 aliphatic rings. The summed E-state index contributed by atoms with van der Waals surface area (Å²) in [7, 11) is 0. The van der Waals surface area contributed by atoms with Crippen LogP contribution in [0, 0.1) is 11.8 Å². The third-order valence-electron chi connectivity index (χ3n) is 4.37. The quantitative estimate of drug-likeness (QED) is 0.781. The van der Waals surface area contributed by atoms with E-state index in [-0.39, 0.29) is 12.0 Å². The molecule has 1 aliphatic carbocycles. The number of carbonyl (C=O) groups excluding carboxylic acids is 1. The Labute approximate surface area is 104 Å². The normalized spacial score (nSPS) is 32.8. The lowest BCUT2D eigenvalue weighted by Gasteiger charge is -2.23. The summed E-state index contributed by atoms with van der Waals surface area (Å²) < 4.78 is 0. The van der Waals surface area contributed by atoms with Crippen LogP contribution in [0.3, 0.4) is 0 Å². The summed E-state index contributed by atoms with van der Waals surface area (Å²) in [5.74, 6) is 1.26. The van der Waals surface area contributed by atoms with Gasteiger partial charge >= 0.3 is 0 Å². The van der Waals surface area contributed by atoms with Gasteiger partial charge in [-0.25, -0.2) is 0 Å². The van der Waals surface area contributed by atoms with Gasteiger partial charge in [0.2, 0.25) is 5.91 Å². The minimum Gasteiger partial charge on any atom is -0.393 e. The molecule has 1 saturated heterocycles. The molecule has 98 valence electrons. The van der Waals surface area contributed by atoms with E-state index in [0.717, 1.165) is 39.0 Å². The highest BCUT2D eigenvalue weighted by Gasteiger charge is 2.42. The van der Waals surface area contributed by atoms with Crippen LogP contribution in [0.1, 0.15) is 26.7 Å². The van der Waals surface area contributed by atoms with Gasteiger partial charge in [-0.05, 0) is 32.6 Å². The van der Waals surface area contributed by atoms with E-state index in [0.29, 0.717) is 18.4 Å². The zero-order chi connectivity index (χ0) is 12.4. The number of carbonyl (C=O) groups is 1. The van der Waals surface area contributed by atoms with Crippen molar-refractivity contribution in [2.75, 3.05) is 32.7 Å². The predicted molar refractivity (Wildman–Crippen MR) is 66.6 cm³/mol. The molecule has 0 aromatic heterocycles. The predicted octanol–water partition coefficient (Wildman–Crippen LogP) is 0.557. The minimum absolute atomic E-state index is 0.131. The van der Waals surface area contributed by atoms with E-state index in [9.17, 15) is 9.90 Å². The zero-order valence-electron chi connectivity index (χ0n) is 10.9. The molecule has 0 bridgehead atoms. The van der Waals surface area contributed by atoms with E-state index in [4.69, 9.17) is 0 Å². The SMILES string of the molecule is CCN(CC)C(=O)CN1CC2CCC(O)C2C1. The van der Waals surface area contributed by atoms with Gasteiger partial charge in [0.1, 0.15) is 0 Å². The summed E-state index contributed by atoms with van der Waals surface area (Å²) in [6, 6.07) is 0. The summed E-state index contributed by atoms with van der Waals surface area (Å²) in [6.45, 7) is 8.04. The molecule has 0 aromatic carbocycles. The van der Waals surface area contributed by atoms with Crippen LogP contribution >= 0.6 is 0 Å². The Bertz CT molecular complexity index is 279. The minimum atomic E-state index is -0.131. The largest absolute Gasteiger partial charge is 0.393 e. The van der Waals surface area contributed by atoms with E-state index in [1.807, 2.05) is 18.7 Å². The van der Waals surface area contributed by atoms with Gasteiger partial charge in [0.15, 0.2) is 0 Å². The van der Waals surface area contributed by atoms with Crippen molar-refractivity contribution >= 4 is 5.91 Å². The summed E-state index contributed by atoms with van der Waals surface area (Å²) in [6.07, 6.45) is 1.95. The molecule has 2 rings (SSSR count). The van der Waals surface area contributed by atoms with Crippen molar-refractivity contribution in [1.82, 2.24) is 9.80 Å². The maximum Gasteiger partial charge on any atom is 0.236 e. The first kappa shape index (κ1) is 12.8. The number of hydrogen-bond donors (Lipinski definition) is 1. The fourth-order valence-electron chi connectivity index (χ4n) is 3.33. The first-order chi connectivity index (χ1) is 8.15. The highest BCUT2D eigenvalue weighted by molar-refractivity contribution is 5.78. The van der Waals surface area contributed by atoms with Crippen molar-refractivity contribution in [3.8, 4) is 0 Å². The van der Waals surface area contributed by atoms with Crippen molar-refractivity contribution in [3.05, 3.63) is 0 Å². The maximum atomic E-state index is 12.0. The molecule has 1 saturated carbocycles. The Hall–Kier alpha value is -0.610. The molecular weight excluding hydrogens is 216 g/mol. The first-order valence-corrected chi connectivity index (χ1v) is 6.83. The molecule has 4 heteroatoms. The number of amides is 1. The van der Waals surface area contributed by atoms with Gasteiger partial charge in [0.25, 0.3) is 0 Å². The Morgan fingerprint density at radius 3 is 2.59 bits per heavy atom. The number of hydrogen-bond acceptors (Lipinski definition) is 3. The lowest BCUT2D eigenvalue weighted by Crippen LogP contribution is -2.40. The van der Waals surface area contributed by atoms with E-state index < -0.39 is 0 Å². The highest BCUT2D eigenvalue weighted by Crippen LogP contribution is 2.37. The van der Waals surface area contributed by atoms with Gasteiger partial charge in [-0.1, -0.05) is 0 Å². The van der Waals surface area contributed by atoms with E-state index in [2.05, 4.69) is 4.90 Å². The zero-order valence-corrected chi connectivity index (χ0v) is 10.9. The van der Waals surface area contributed by atoms with Crippen molar-refractivity contribution in [2.24, 2.45) is 11.8 Å². The van der Waals surface area contributed by atoms with Crippen LogP contribution < -0.4 is 0 Å². The third-order valence-corrected chi connectivity index (χ3v) is 4.37. The fourth-order valence-corrected chi connectivity index (χ4v) is 3.33. The molecule has 1 amide bonds. The Balaban J connectivity index is 1.84. The number of nitrogens with zero attached hydrogens (tertiary/aromatic N) is 2. The Morgan fingerprint density at radius 2 is 2.00 bits per heavy atom. The van der Waals surface area contributed by atoms with E-state index >= 15 is 0 Å². The van der Waals surface area contributed by atoms with E-state index in [1.54, 1.807) is 0 Å². The molecule has 17 heavy (non-hydrogen) atoms. The highest BCUT2D eigenvalue weighted by atomic mass is 16.3. The Morgan fingerprint density at radius 1 is 1.29 bits per heavy atom. The van der Waals surface area contributed by atoms with Gasteiger partial charge in [-0.15, -0.1) is 0 Å². The van der Waals surface area contributed by atoms with Crippen LogP contribution in [-0.2, 0) is 4.79 Å². The number of likely N-dealkylation sites (N-methyl/N-ethyl adjacent to an activating group) is 1. The van der Waals surface area contributed by atoms with Crippen LogP contribution in [0.4, 0.5) is 0 Å². The van der Waals surface area contributed by atoms with Gasteiger partial charge < -0.3 is 10.0 Å². The van der Waals surface area contributed by atoms with Crippen molar-refractivity contribution in [1.29, 1.82) is 0 Å². The average Bonchev–Trinajstić information content (AvgIpc) is 2.83. The molecule has 3 unspecified atom stereocenters. The number of likely N-dealkylation sites (tertiary alicyclic amines) is 1. The van der Waals surface area contributed by atoms with Crippen molar-refractivity contribution in [3.63, 3.8) is 0 Å². The van der Waals surface area contributed by atoms with Crippen molar-refractivity contribution in [2.45, 2.75) is 32.8 Å². The van der Waals surface area contributed by atoms with Crippen LogP contribution in [0.15, 0.2) is 0 Å². The number of aliphatic hydroxyl groups is 1. The monoisotopic (exact) mass is 240 g/mol. The van der Waals surface area contributed by atoms with Gasteiger partial charge in [-0.2, -0.15) is 0 Å².